The van der Waals surface area contributed by atoms with Crippen LogP contribution in [0.1, 0.15) is 32.7 Å². The molecule has 0 saturated heterocycles. The number of hydrogen-bond acceptors (Lipinski definition) is 4. The zero-order valence-electron chi connectivity index (χ0n) is 10.5. The molecule has 1 amide bonds. The standard InChI is InChI=1S/C11H18N4O3/c1-7(2)15-6-8(5-13-15)14-11(18)9(12)3-4-10(16)17/h5-7,9H,3-4,12H2,1-2H3,(H,14,18)(H,16,17). The van der Waals surface area contributed by atoms with Crippen LogP contribution >= 0.6 is 0 Å². The second-order valence-corrected chi connectivity index (χ2v) is 4.33. The van der Waals surface area contributed by atoms with E-state index < -0.39 is 17.9 Å². The smallest absolute Gasteiger partial charge is 0.303 e. The van der Waals surface area contributed by atoms with Crippen LogP contribution in [-0.2, 0) is 9.59 Å². The molecule has 1 unspecified atom stereocenters. The van der Waals surface area contributed by atoms with E-state index in [1.54, 1.807) is 10.9 Å². The minimum Gasteiger partial charge on any atom is -0.481 e. The van der Waals surface area contributed by atoms with Crippen molar-refractivity contribution in [2.24, 2.45) is 5.73 Å². The van der Waals surface area contributed by atoms with E-state index in [4.69, 9.17) is 10.8 Å². The molecule has 18 heavy (non-hydrogen) atoms. The third-order valence-corrected chi connectivity index (χ3v) is 2.40. The van der Waals surface area contributed by atoms with Crippen LogP contribution in [0.2, 0.25) is 0 Å². The lowest BCUT2D eigenvalue weighted by molar-refractivity contribution is -0.137. The molecule has 7 nitrogen and oxygen atoms in total. The maximum absolute atomic E-state index is 11.6. The molecule has 0 fully saturated rings. The molecule has 0 radical (unpaired) electrons. The number of aliphatic carboxylic acids is 1. The van der Waals surface area contributed by atoms with Gasteiger partial charge >= 0.3 is 5.97 Å². The number of rotatable bonds is 6. The summed E-state index contributed by atoms with van der Waals surface area (Å²) in [6.07, 6.45) is 3.22. The minimum absolute atomic E-state index is 0.111. The lowest BCUT2D eigenvalue weighted by Gasteiger charge is -2.09. The second kappa shape index (κ2) is 6.15. The van der Waals surface area contributed by atoms with Crippen molar-refractivity contribution in [1.82, 2.24) is 9.78 Å². The van der Waals surface area contributed by atoms with Crippen LogP contribution in [0, 0.1) is 0 Å². The van der Waals surface area contributed by atoms with Gasteiger partial charge in [-0.15, -0.1) is 0 Å². The van der Waals surface area contributed by atoms with Crippen LogP contribution in [0.15, 0.2) is 12.4 Å². The summed E-state index contributed by atoms with van der Waals surface area (Å²) in [4.78, 5) is 22.0. The van der Waals surface area contributed by atoms with Gasteiger partial charge in [-0.25, -0.2) is 0 Å². The quantitative estimate of drug-likeness (QED) is 0.688. The molecule has 1 aromatic rings. The fourth-order valence-corrected chi connectivity index (χ4v) is 1.33. The van der Waals surface area contributed by atoms with E-state index in [0.717, 1.165) is 0 Å². The Morgan fingerprint density at radius 1 is 1.56 bits per heavy atom. The Labute approximate surface area is 105 Å². The average molecular weight is 254 g/mol. The summed E-state index contributed by atoms with van der Waals surface area (Å²) < 4.78 is 1.71. The number of amides is 1. The van der Waals surface area contributed by atoms with Gasteiger partial charge in [-0.2, -0.15) is 5.10 Å². The molecule has 0 aliphatic rings. The average Bonchev–Trinajstić information content (AvgIpc) is 2.74. The first-order chi connectivity index (χ1) is 8.40. The summed E-state index contributed by atoms with van der Waals surface area (Å²) in [6.45, 7) is 3.94. The Morgan fingerprint density at radius 3 is 2.72 bits per heavy atom. The molecule has 0 aliphatic heterocycles. The highest BCUT2D eigenvalue weighted by atomic mass is 16.4. The van der Waals surface area contributed by atoms with Crippen LogP contribution in [-0.4, -0.2) is 32.8 Å². The fourth-order valence-electron chi connectivity index (χ4n) is 1.33. The van der Waals surface area contributed by atoms with Crippen molar-refractivity contribution in [1.29, 1.82) is 0 Å². The van der Waals surface area contributed by atoms with Gasteiger partial charge < -0.3 is 16.2 Å². The largest absolute Gasteiger partial charge is 0.481 e. The number of anilines is 1. The van der Waals surface area contributed by atoms with E-state index in [2.05, 4.69) is 10.4 Å². The van der Waals surface area contributed by atoms with Gasteiger partial charge in [0.05, 0.1) is 17.9 Å². The Bertz CT molecular complexity index is 428. The van der Waals surface area contributed by atoms with Gasteiger partial charge in [-0.3, -0.25) is 14.3 Å². The van der Waals surface area contributed by atoms with Crippen LogP contribution in [0.25, 0.3) is 0 Å². The third kappa shape index (κ3) is 4.17. The summed E-state index contributed by atoms with van der Waals surface area (Å²) in [5, 5.41) is 15.2. The summed E-state index contributed by atoms with van der Waals surface area (Å²) in [5.74, 6) is -1.37. The van der Waals surface area contributed by atoms with E-state index in [1.807, 2.05) is 13.8 Å². The summed E-state index contributed by atoms with van der Waals surface area (Å²) in [5.41, 5.74) is 6.13. The van der Waals surface area contributed by atoms with E-state index in [-0.39, 0.29) is 18.9 Å². The second-order valence-electron chi connectivity index (χ2n) is 4.33. The van der Waals surface area contributed by atoms with E-state index in [1.165, 1.54) is 6.20 Å². The number of carbonyl (C=O) groups excluding carboxylic acids is 1. The number of carboxylic acids is 1. The van der Waals surface area contributed by atoms with Crippen LogP contribution in [0.3, 0.4) is 0 Å². The van der Waals surface area contributed by atoms with Gasteiger partial charge in [0.2, 0.25) is 5.91 Å². The molecular formula is C11H18N4O3. The molecule has 0 aromatic carbocycles. The summed E-state index contributed by atoms with van der Waals surface area (Å²) in [6, 6.07) is -0.625. The Kier molecular flexibility index (Phi) is 4.85. The highest BCUT2D eigenvalue weighted by Gasteiger charge is 2.15. The normalized spacial score (nSPS) is 12.4. The highest BCUT2D eigenvalue weighted by Crippen LogP contribution is 2.10. The lowest BCUT2D eigenvalue weighted by atomic mass is 10.1. The molecule has 0 spiro atoms. The SMILES string of the molecule is CC(C)n1cc(NC(=O)C(N)CCC(=O)O)cn1. The Morgan fingerprint density at radius 2 is 2.22 bits per heavy atom. The molecule has 100 valence electrons. The first-order valence-electron chi connectivity index (χ1n) is 5.72. The summed E-state index contributed by atoms with van der Waals surface area (Å²) in [7, 11) is 0. The molecule has 1 aromatic heterocycles. The van der Waals surface area contributed by atoms with Crippen molar-refractivity contribution in [2.75, 3.05) is 5.32 Å². The number of carbonyl (C=O) groups is 2. The number of nitrogens with one attached hydrogen (secondary N) is 1. The predicted molar refractivity (Wildman–Crippen MR) is 66.1 cm³/mol. The summed E-state index contributed by atoms with van der Waals surface area (Å²) >= 11 is 0. The van der Waals surface area contributed by atoms with Crippen molar-refractivity contribution in [2.45, 2.75) is 38.8 Å². The molecule has 0 bridgehead atoms. The molecular weight excluding hydrogens is 236 g/mol. The molecule has 0 saturated carbocycles. The van der Waals surface area contributed by atoms with Crippen LogP contribution in [0.4, 0.5) is 5.69 Å². The van der Waals surface area contributed by atoms with Crippen molar-refractivity contribution in [3.63, 3.8) is 0 Å². The van der Waals surface area contributed by atoms with Gasteiger partial charge in [-0.1, -0.05) is 0 Å². The highest BCUT2D eigenvalue weighted by molar-refractivity contribution is 5.94. The zero-order valence-corrected chi connectivity index (χ0v) is 10.5. The molecule has 1 atom stereocenters. The monoisotopic (exact) mass is 254 g/mol. The van der Waals surface area contributed by atoms with Gasteiger partial charge in [0, 0.05) is 18.7 Å². The zero-order chi connectivity index (χ0) is 13.7. The molecule has 1 heterocycles. The topological polar surface area (TPSA) is 110 Å². The first kappa shape index (κ1) is 14.2. The van der Waals surface area contributed by atoms with E-state index in [9.17, 15) is 9.59 Å². The van der Waals surface area contributed by atoms with Gasteiger partial charge in [0.1, 0.15) is 0 Å². The Hall–Kier alpha value is -1.89. The third-order valence-electron chi connectivity index (χ3n) is 2.40. The molecule has 7 heteroatoms. The number of hydrogen-bond donors (Lipinski definition) is 3. The van der Waals surface area contributed by atoms with Gasteiger partial charge in [0.25, 0.3) is 0 Å². The van der Waals surface area contributed by atoms with Crippen LogP contribution in [0.5, 0.6) is 0 Å². The maximum atomic E-state index is 11.6. The van der Waals surface area contributed by atoms with Crippen molar-refractivity contribution in [3.05, 3.63) is 12.4 Å². The van der Waals surface area contributed by atoms with Gasteiger partial charge in [-0.05, 0) is 20.3 Å². The number of nitrogens with zero attached hydrogens (tertiary/aromatic N) is 2. The molecule has 0 aliphatic carbocycles. The van der Waals surface area contributed by atoms with Crippen molar-refractivity contribution < 1.29 is 14.7 Å². The lowest BCUT2D eigenvalue weighted by Crippen LogP contribution is -2.35. The number of aromatic nitrogens is 2. The first-order valence-corrected chi connectivity index (χ1v) is 5.72. The number of carboxylic acid groups (broad SMARTS) is 1. The van der Waals surface area contributed by atoms with Crippen molar-refractivity contribution >= 4 is 17.6 Å². The molecule has 1 rings (SSSR count). The predicted octanol–water partition coefficient (Wildman–Crippen LogP) is 0.595. The molecule has 4 N–H and O–H groups in total. The van der Waals surface area contributed by atoms with Crippen molar-refractivity contribution in [3.8, 4) is 0 Å². The number of nitrogens with two attached hydrogens (primary N) is 1. The minimum atomic E-state index is -0.967. The van der Waals surface area contributed by atoms with E-state index >= 15 is 0 Å². The Balaban J connectivity index is 2.50. The fraction of sp³-hybridized carbons (Fsp3) is 0.545. The maximum Gasteiger partial charge on any atom is 0.303 e. The van der Waals surface area contributed by atoms with E-state index in [0.29, 0.717) is 5.69 Å². The van der Waals surface area contributed by atoms with Gasteiger partial charge in [0.15, 0.2) is 0 Å². The van der Waals surface area contributed by atoms with Crippen LogP contribution < -0.4 is 11.1 Å².